The van der Waals surface area contributed by atoms with Crippen LogP contribution in [0.4, 0.5) is 0 Å². The molecular formula is C17H10N2O2S. The first kappa shape index (κ1) is 12.9. The summed E-state index contributed by atoms with van der Waals surface area (Å²) in [6.07, 6.45) is 1.54. The van der Waals surface area contributed by atoms with Crippen molar-refractivity contribution in [1.29, 1.82) is 0 Å². The van der Waals surface area contributed by atoms with Crippen LogP contribution in [0.3, 0.4) is 0 Å². The standard InChI is InChI=1S/C17H10N2O2S/c20-16-13-7-1-4-11-5-2-8-14(15(11)13)17(21)19(16)18-10-12-6-3-9-22-12/h1-10H/b18-10+. The van der Waals surface area contributed by atoms with Crippen LogP contribution in [0.1, 0.15) is 25.6 Å². The van der Waals surface area contributed by atoms with Crippen LogP contribution in [0.25, 0.3) is 10.8 Å². The lowest BCUT2D eigenvalue weighted by Crippen LogP contribution is -2.36. The van der Waals surface area contributed by atoms with E-state index in [1.165, 1.54) is 17.6 Å². The Kier molecular flexibility index (Phi) is 2.87. The molecule has 2 heterocycles. The molecule has 0 bridgehead atoms. The molecule has 106 valence electrons. The van der Waals surface area contributed by atoms with Gasteiger partial charge in [0.2, 0.25) is 0 Å². The van der Waals surface area contributed by atoms with Gasteiger partial charge in [0.25, 0.3) is 11.8 Å². The second-order valence-electron chi connectivity index (χ2n) is 4.89. The first-order valence-corrected chi connectivity index (χ1v) is 7.62. The summed E-state index contributed by atoms with van der Waals surface area (Å²) in [4.78, 5) is 26.0. The Morgan fingerprint density at radius 3 is 2.18 bits per heavy atom. The lowest BCUT2D eigenvalue weighted by Gasteiger charge is -2.22. The van der Waals surface area contributed by atoms with Gasteiger partial charge >= 0.3 is 0 Å². The average Bonchev–Trinajstić information content (AvgIpc) is 3.06. The van der Waals surface area contributed by atoms with Gasteiger partial charge in [0.15, 0.2) is 0 Å². The van der Waals surface area contributed by atoms with Gasteiger partial charge in [0.05, 0.1) is 17.3 Å². The molecule has 0 saturated carbocycles. The number of thiophene rings is 1. The summed E-state index contributed by atoms with van der Waals surface area (Å²) in [5.41, 5.74) is 1.02. The van der Waals surface area contributed by atoms with E-state index < -0.39 is 0 Å². The van der Waals surface area contributed by atoms with Crippen LogP contribution in [0.5, 0.6) is 0 Å². The van der Waals surface area contributed by atoms with Crippen LogP contribution in [0.15, 0.2) is 59.0 Å². The third kappa shape index (κ3) is 1.87. The van der Waals surface area contributed by atoms with E-state index in [-0.39, 0.29) is 11.8 Å². The third-order valence-corrected chi connectivity index (χ3v) is 4.40. The maximum atomic E-state index is 12.6. The highest BCUT2D eigenvalue weighted by molar-refractivity contribution is 7.11. The molecule has 0 unspecified atom stereocenters. The van der Waals surface area contributed by atoms with Crippen molar-refractivity contribution in [3.8, 4) is 0 Å². The van der Waals surface area contributed by atoms with E-state index in [1.54, 1.807) is 12.1 Å². The molecule has 2 amide bonds. The summed E-state index contributed by atoms with van der Waals surface area (Å²) < 4.78 is 0. The smallest absolute Gasteiger partial charge is 0.267 e. The minimum Gasteiger partial charge on any atom is -0.267 e. The number of nitrogens with zero attached hydrogens (tertiary/aromatic N) is 2. The normalized spacial score (nSPS) is 14.3. The highest BCUT2D eigenvalue weighted by atomic mass is 32.1. The summed E-state index contributed by atoms with van der Waals surface area (Å²) in [6.45, 7) is 0. The van der Waals surface area contributed by atoms with E-state index in [0.717, 1.165) is 15.3 Å². The summed E-state index contributed by atoms with van der Waals surface area (Å²) in [7, 11) is 0. The molecule has 22 heavy (non-hydrogen) atoms. The van der Waals surface area contributed by atoms with Crippen LogP contribution < -0.4 is 0 Å². The third-order valence-electron chi connectivity index (χ3n) is 3.59. The number of carbonyl (C=O) groups excluding carboxylic acids is 2. The van der Waals surface area contributed by atoms with Gasteiger partial charge in [-0.1, -0.05) is 30.3 Å². The second kappa shape index (κ2) is 4.89. The maximum Gasteiger partial charge on any atom is 0.282 e. The number of hydrazone groups is 1. The summed E-state index contributed by atoms with van der Waals surface area (Å²) in [5.74, 6) is -0.774. The fourth-order valence-corrected chi connectivity index (χ4v) is 3.18. The Balaban J connectivity index is 1.85. The van der Waals surface area contributed by atoms with Crippen LogP contribution in [-0.2, 0) is 0 Å². The van der Waals surface area contributed by atoms with Crippen molar-refractivity contribution >= 4 is 40.1 Å². The van der Waals surface area contributed by atoms with Crippen LogP contribution in [-0.4, -0.2) is 23.0 Å². The minimum atomic E-state index is -0.387. The highest BCUT2D eigenvalue weighted by Crippen LogP contribution is 2.30. The van der Waals surface area contributed by atoms with Gasteiger partial charge in [-0.05, 0) is 29.0 Å². The molecule has 1 aliphatic rings. The lowest BCUT2D eigenvalue weighted by molar-refractivity contribution is 0.0616. The number of imide groups is 1. The Morgan fingerprint density at radius 2 is 1.59 bits per heavy atom. The summed E-state index contributed by atoms with van der Waals surface area (Å²) in [5, 5.41) is 8.55. The van der Waals surface area contributed by atoms with Crippen LogP contribution >= 0.6 is 11.3 Å². The zero-order valence-corrected chi connectivity index (χ0v) is 12.2. The van der Waals surface area contributed by atoms with Gasteiger partial charge in [-0.15, -0.1) is 11.3 Å². The number of benzene rings is 2. The molecule has 0 N–H and O–H groups in total. The molecule has 0 fully saturated rings. The van der Waals surface area contributed by atoms with Gasteiger partial charge in [0.1, 0.15) is 0 Å². The zero-order chi connectivity index (χ0) is 15.1. The number of rotatable bonds is 2. The van der Waals surface area contributed by atoms with Crippen LogP contribution in [0.2, 0.25) is 0 Å². The van der Waals surface area contributed by atoms with Gasteiger partial charge in [-0.3, -0.25) is 9.59 Å². The van der Waals surface area contributed by atoms with E-state index in [2.05, 4.69) is 5.10 Å². The molecule has 0 aliphatic carbocycles. The second-order valence-corrected chi connectivity index (χ2v) is 5.87. The summed E-state index contributed by atoms with van der Waals surface area (Å²) in [6, 6.07) is 14.7. The number of hydrogen-bond donors (Lipinski definition) is 0. The highest BCUT2D eigenvalue weighted by Gasteiger charge is 2.32. The van der Waals surface area contributed by atoms with Gasteiger partial charge in [-0.25, -0.2) is 0 Å². The van der Waals surface area contributed by atoms with Crippen molar-refractivity contribution in [3.05, 3.63) is 69.9 Å². The van der Waals surface area contributed by atoms with E-state index in [1.807, 2.05) is 41.8 Å². The predicted molar refractivity (Wildman–Crippen MR) is 86.4 cm³/mol. The Labute approximate surface area is 130 Å². The molecule has 0 saturated heterocycles. The number of amides is 2. The minimum absolute atomic E-state index is 0.387. The van der Waals surface area contributed by atoms with Crippen molar-refractivity contribution in [1.82, 2.24) is 5.01 Å². The van der Waals surface area contributed by atoms with E-state index in [4.69, 9.17) is 0 Å². The topological polar surface area (TPSA) is 49.7 Å². The fraction of sp³-hybridized carbons (Fsp3) is 0. The number of hydrogen-bond acceptors (Lipinski definition) is 4. The molecule has 0 spiro atoms. The predicted octanol–water partition coefficient (Wildman–Crippen LogP) is 3.53. The molecule has 1 aliphatic heterocycles. The molecule has 0 radical (unpaired) electrons. The monoisotopic (exact) mass is 306 g/mol. The quantitative estimate of drug-likeness (QED) is 0.537. The molecule has 3 aromatic rings. The molecule has 1 aromatic heterocycles. The van der Waals surface area contributed by atoms with Gasteiger partial charge in [0, 0.05) is 10.3 Å². The SMILES string of the molecule is O=C1c2cccc3cccc(c23)C(=O)N1/N=C/c1cccs1. The van der Waals surface area contributed by atoms with Gasteiger partial charge in [-0.2, -0.15) is 10.1 Å². The van der Waals surface area contributed by atoms with Gasteiger partial charge < -0.3 is 0 Å². The van der Waals surface area contributed by atoms with E-state index >= 15 is 0 Å². The lowest BCUT2D eigenvalue weighted by atomic mass is 9.95. The molecule has 5 heteroatoms. The van der Waals surface area contributed by atoms with Crippen molar-refractivity contribution < 1.29 is 9.59 Å². The van der Waals surface area contributed by atoms with Crippen molar-refractivity contribution in [2.75, 3.05) is 0 Å². The zero-order valence-electron chi connectivity index (χ0n) is 11.4. The molecule has 4 rings (SSSR count). The first-order chi connectivity index (χ1) is 10.8. The van der Waals surface area contributed by atoms with E-state index in [9.17, 15) is 9.59 Å². The Hall–Kier alpha value is -2.79. The average molecular weight is 306 g/mol. The van der Waals surface area contributed by atoms with Crippen molar-refractivity contribution in [2.24, 2.45) is 5.10 Å². The Bertz CT molecular complexity index is 878. The van der Waals surface area contributed by atoms with E-state index in [0.29, 0.717) is 16.5 Å². The van der Waals surface area contributed by atoms with Crippen molar-refractivity contribution in [2.45, 2.75) is 0 Å². The first-order valence-electron chi connectivity index (χ1n) is 6.74. The maximum absolute atomic E-state index is 12.6. The summed E-state index contributed by atoms with van der Waals surface area (Å²) >= 11 is 1.50. The molecule has 2 aromatic carbocycles. The molecule has 0 atom stereocenters. The Morgan fingerprint density at radius 1 is 0.909 bits per heavy atom. The van der Waals surface area contributed by atoms with Crippen LogP contribution in [0, 0.1) is 0 Å². The fourth-order valence-electron chi connectivity index (χ4n) is 2.60. The molecule has 4 nitrogen and oxygen atoms in total. The number of carbonyl (C=O) groups is 2. The molecular weight excluding hydrogens is 296 g/mol. The largest absolute Gasteiger partial charge is 0.282 e. The van der Waals surface area contributed by atoms with Crippen molar-refractivity contribution in [3.63, 3.8) is 0 Å².